The smallest absolute Gasteiger partial charge is 0.409 e. The molecule has 2 amide bonds. The monoisotopic (exact) mass is 298 g/mol. The van der Waals surface area contributed by atoms with Gasteiger partial charge in [-0.05, 0) is 6.92 Å². The van der Waals surface area contributed by atoms with E-state index in [0.29, 0.717) is 26.1 Å². The van der Waals surface area contributed by atoms with Crippen LogP contribution in [-0.4, -0.2) is 92.2 Å². The van der Waals surface area contributed by atoms with Crippen LogP contribution in [0, 0.1) is 0 Å². The lowest BCUT2D eigenvalue weighted by atomic mass is 10.2. The van der Waals surface area contributed by atoms with Gasteiger partial charge < -0.3 is 19.9 Å². The first-order valence-electron chi connectivity index (χ1n) is 7.83. The average Bonchev–Trinajstić information content (AvgIpc) is 2.54. The van der Waals surface area contributed by atoms with Gasteiger partial charge in [0.1, 0.15) is 0 Å². The molecule has 0 aromatic heterocycles. The van der Waals surface area contributed by atoms with Gasteiger partial charge in [-0.25, -0.2) is 4.79 Å². The van der Waals surface area contributed by atoms with Crippen molar-refractivity contribution in [3.05, 3.63) is 0 Å². The van der Waals surface area contributed by atoms with Gasteiger partial charge in [-0.1, -0.05) is 0 Å². The van der Waals surface area contributed by atoms with Crippen LogP contribution in [0.1, 0.15) is 13.3 Å². The van der Waals surface area contributed by atoms with E-state index >= 15 is 0 Å². The molecule has 120 valence electrons. The maximum atomic E-state index is 12.1. The summed E-state index contributed by atoms with van der Waals surface area (Å²) in [4.78, 5) is 29.6. The highest BCUT2D eigenvalue weighted by Gasteiger charge is 2.23. The van der Waals surface area contributed by atoms with E-state index in [9.17, 15) is 9.59 Å². The van der Waals surface area contributed by atoms with Gasteiger partial charge in [-0.2, -0.15) is 0 Å². The van der Waals surface area contributed by atoms with Crippen molar-refractivity contribution in [1.29, 1.82) is 0 Å². The fourth-order valence-corrected chi connectivity index (χ4v) is 2.69. The molecular formula is C14H26N4O3. The second-order valence-corrected chi connectivity index (χ2v) is 5.41. The molecule has 0 atom stereocenters. The zero-order valence-electron chi connectivity index (χ0n) is 12.8. The number of rotatable bonds is 4. The Morgan fingerprint density at radius 3 is 2.29 bits per heavy atom. The largest absolute Gasteiger partial charge is 0.450 e. The lowest BCUT2D eigenvalue weighted by Crippen LogP contribution is -2.50. The van der Waals surface area contributed by atoms with Crippen LogP contribution in [0.4, 0.5) is 4.79 Å². The van der Waals surface area contributed by atoms with Crippen molar-refractivity contribution in [2.24, 2.45) is 0 Å². The zero-order valence-corrected chi connectivity index (χ0v) is 12.8. The highest BCUT2D eigenvalue weighted by molar-refractivity contribution is 5.76. The number of ether oxygens (including phenoxy) is 1. The fraction of sp³-hybridized carbons (Fsp3) is 0.857. The third-order valence-corrected chi connectivity index (χ3v) is 4.01. The van der Waals surface area contributed by atoms with Crippen molar-refractivity contribution in [1.82, 2.24) is 20.0 Å². The summed E-state index contributed by atoms with van der Waals surface area (Å²) in [7, 11) is 0. The van der Waals surface area contributed by atoms with Crippen LogP contribution in [0.5, 0.6) is 0 Å². The van der Waals surface area contributed by atoms with Gasteiger partial charge in [-0.15, -0.1) is 0 Å². The molecule has 0 bridgehead atoms. The lowest BCUT2D eigenvalue weighted by molar-refractivity contribution is -0.132. The second-order valence-electron chi connectivity index (χ2n) is 5.41. The highest BCUT2D eigenvalue weighted by atomic mass is 16.6. The van der Waals surface area contributed by atoms with Crippen LogP contribution in [0.25, 0.3) is 0 Å². The van der Waals surface area contributed by atoms with E-state index in [1.54, 1.807) is 4.90 Å². The van der Waals surface area contributed by atoms with Crippen molar-refractivity contribution in [2.75, 3.05) is 65.5 Å². The van der Waals surface area contributed by atoms with Crippen molar-refractivity contribution < 1.29 is 14.3 Å². The predicted octanol–water partition coefficient (Wildman–Crippen LogP) is -0.418. The van der Waals surface area contributed by atoms with Gasteiger partial charge in [-0.3, -0.25) is 9.69 Å². The summed E-state index contributed by atoms with van der Waals surface area (Å²) < 4.78 is 5.00. The van der Waals surface area contributed by atoms with Crippen LogP contribution >= 0.6 is 0 Å². The molecule has 2 heterocycles. The summed E-state index contributed by atoms with van der Waals surface area (Å²) in [5.41, 5.74) is 0. The molecule has 2 fully saturated rings. The van der Waals surface area contributed by atoms with Crippen LogP contribution in [0.3, 0.4) is 0 Å². The van der Waals surface area contributed by atoms with Crippen molar-refractivity contribution in [3.63, 3.8) is 0 Å². The molecular weight excluding hydrogens is 272 g/mol. The Labute approximate surface area is 126 Å². The Morgan fingerprint density at radius 1 is 1.00 bits per heavy atom. The molecule has 0 spiro atoms. The normalized spacial score (nSPS) is 20.4. The summed E-state index contributed by atoms with van der Waals surface area (Å²) in [5.74, 6) is 0.240. The standard InChI is InChI=1S/C14H26N4O3/c1-2-21-14(20)18-11-9-16(10-12-18)6-3-13(19)17-7-4-15-5-8-17/h15H,2-12H2,1H3. The molecule has 0 radical (unpaired) electrons. The second kappa shape index (κ2) is 8.19. The summed E-state index contributed by atoms with van der Waals surface area (Å²) in [6.45, 7) is 9.41. The molecule has 0 aliphatic carbocycles. The van der Waals surface area contributed by atoms with E-state index in [4.69, 9.17) is 4.74 Å². The first-order chi connectivity index (χ1) is 10.2. The van der Waals surface area contributed by atoms with E-state index in [2.05, 4.69) is 10.2 Å². The van der Waals surface area contributed by atoms with E-state index in [-0.39, 0.29) is 12.0 Å². The number of nitrogens with zero attached hydrogens (tertiary/aromatic N) is 3. The molecule has 2 saturated heterocycles. The van der Waals surface area contributed by atoms with Crippen LogP contribution in [0.15, 0.2) is 0 Å². The fourth-order valence-electron chi connectivity index (χ4n) is 2.69. The Balaban J connectivity index is 1.64. The third-order valence-electron chi connectivity index (χ3n) is 4.01. The molecule has 0 saturated carbocycles. The number of hydrogen-bond donors (Lipinski definition) is 1. The average molecular weight is 298 g/mol. The first kappa shape index (κ1) is 16.0. The number of hydrogen-bond acceptors (Lipinski definition) is 5. The maximum absolute atomic E-state index is 12.1. The minimum absolute atomic E-state index is 0.228. The predicted molar refractivity (Wildman–Crippen MR) is 79.1 cm³/mol. The first-order valence-corrected chi connectivity index (χ1v) is 7.83. The third kappa shape index (κ3) is 4.86. The van der Waals surface area contributed by atoms with Crippen LogP contribution < -0.4 is 5.32 Å². The molecule has 2 aliphatic heterocycles. The van der Waals surface area contributed by atoms with Gasteiger partial charge in [0, 0.05) is 65.3 Å². The van der Waals surface area contributed by atoms with Crippen LogP contribution in [-0.2, 0) is 9.53 Å². The minimum atomic E-state index is -0.228. The van der Waals surface area contributed by atoms with Gasteiger partial charge in [0.25, 0.3) is 0 Å². The van der Waals surface area contributed by atoms with Crippen LogP contribution in [0.2, 0.25) is 0 Å². The van der Waals surface area contributed by atoms with E-state index in [0.717, 1.165) is 45.8 Å². The topological polar surface area (TPSA) is 65.1 Å². The summed E-state index contributed by atoms with van der Waals surface area (Å²) in [6.07, 6.45) is 0.341. The molecule has 0 aromatic carbocycles. The van der Waals surface area contributed by atoms with E-state index in [1.165, 1.54) is 0 Å². The Bertz CT molecular complexity index is 350. The van der Waals surface area contributed by atoms with Gasteiger partial charge in [0.05, 0.1) is 6.61 Å². The molecule has 7 heteroatoms. The molecule has 0 aromatic rings. The maximum Gasteiger partial charge on any atom is 0.409 e. The number of carbonyl (C=O) groups is 2. The van der Waals surface area contributed by atoms with Crippen molar-refractivity contribution in [2.45, 2.75) is 13.3 Å². The zero-order chi connectivity index (χ0) is 15.1. The molecule has 21 heavy (non-hydrogen) atoms. The van der Waals surface area contributed by atoms with Crippen molar-refractivity contribution in [3.8, 4) is 0 Å². The summed E-state index contributed by atoms with van der Waals surface area (Å²) in [5, 5.41) is 3.25. The summed E-state index contributed by atoms with van der Waals surface area (Å²) >= 11 is 0. The molecule has 2 rings (SSSR count). The lowest BCUT2D eigenvalue weighted by Gasteiger charge is -2.34. The van der Waals surface area contributed by atoms with Gasteiger partial charge >= 0.3 is 6.09 Å². The molecule has 1 N–H and O–H groups in total. The van der Waals surface area contributed by atoms with Gasteiger partial charge in [0.2, 0.25) is 5.91 Å². The summed E-state index contributed by atoms with van der Waals surface area (Å²) in [6, 6.07) is 0. The SMILES string of the molecule is CCOC(=O)N1CCN(CCC(=O)N2CCNCC2)CC1. The Hall–Kier alpha value is -1.34. The van der Waals surface area contributed by atoms with E-state index in [1.807, 2.05) is 11.8 Å². The quantitative estimate of drug-likeness (QED) is 0.764. The van der Waals surface area contributed by atoms with Gasteiger partial charge in [0.15, 0.2) is 0 Å². The minimum Gasteiger partial charge on any atom is -0.450 e. The molecule has 2 aliphatic rings. The van der Waals surface area contributed by atoms with Crippen molar-refractivity contribution >= 4 is 12.0 Å². The Kier molecular flexibility index (Phi) is 6.25. The number of amides is 2. The molecule has 7 nitrogen and oxygen atoms in total. The van der Waals surface area contributed by atoms with E-state index < -0.39 is 0 Å². The number of carbonyl (C=O) groups excluding carboxylic acids is 2. The number of nitrogens with one attached hydrogen (secondary N) is 1. The number of piperazine rings is 2. The highest BCUT2D eigenvalue weighted by Crippen LogP contribution is 2.06. The Morgan fingerprint density at radius 2 is 1.67 bits per heavy atom. The molecule has 0 unspecified atom stereocenters.